The van der Waals surface area contributed by atoms with Crippen molar-refractivity contribution in [3.8, 4) is 17.3 Å². The van der Waals surface area contributed by atoms with Crippen molar-refractivity contribution in [1.82, 2.24) is 14.5 Å². The van der Waals surface area contributed by atoms with Crippen LogP contribution in [0.2, 0.25) is 0 Å². The number of carbonyl (C=O) groups excluding carboxylic acids is 1. The third-order valence-corrected chi connectivity index (χ3v) is 6.84. The number of anilines is 1. The Balaban J connectivity index is 1.50. The summed E-state index contributed by atoms with van der Waals surface area (Å²) in [5.74, 6) is 1.13. The molecule has 10 heteroatoms. The fourth-order valence-electron chi connectivity index (χ4n) is 4.48. The van der Waals surface area contributed by atoms with Crippen LogP contribution in [0.3, 0.4) is 0 Å². The lowest BCUT2D eigenvalue weighted by atomic mass is 10.1. The number of nitrogens with one attached hydrogen (secondary N) is 1. The van der Waals surface area contributed by atoms with Gasteiger partial charge in [0.1, 0.15) is 17.3 Å². The summed E-state index contributed by atoms with van der Waals surface area (Å²) in [7, 11) is 0. The first-order valence-corrected chi connectivity index (χ1v) is 12.9. The maximum Gasteiger partial charge on any atom is 0.303 e. The molecule has 2 aromatic carbocycles. The predicted molar refractivity (Wildman–Crippen MR) is 149 cm³/mol. The molecular weight excluding hydrogens is 564 g/mol. The summed E-state index contributed by atoms with van der Waals surface area (Å²) in [5, 5.41) is 13.9. The van der Waals surface area contributed by atoms with Crippen LogP contribution < -0.4 is 5.32 Å². The van der Waals surface area contributed by atoms with E-state index in [-0.39, 0.29) is 18.6 Å². The minimum absolute atomic E-state index is 0.106. The van der Waals surface area contributed by atoms with E-state index in [1.54, 1.807) is 23.3 Å². The number of aromatic nitrogens is 3. The molecule has 6 aromatic rings. The molecule has 0 aliphatic heterocycles. The first-order valence-electron chi connectivity index (χ1n) is 12.1. The van der Waals surface area contributed by atoms with Gasteiger partial charge in [-0.1, -0.05) is 15.9 Å². The zero-order valence-electron chi connectivity index (χ0n) is 20.4. The number of benzene rings is 2. The van der Waals surface area contributed by atoms with Crippen LogP contribution >= 0.6 is 15.9 Å². The van der Waals surface area contributed by atoms with Gasteiger partial charge in [0.2, 0.25) is 5.95 Å². The van der Waals surface area contributed by atoms with Crippen molar-refractivity contribution in [2.45, 2.75) is 19.4 Å². The molecule has 4 heterocycles. The first-order chi connectivity index (χ1) is 19.0. The number of hydrogen-bond acceptors (Lipinski definition) is 7. The molecule has 0 amide bonds. The van der Waals surface area contributed by atoms with Gasteiger partial charge >= 0.3 is 5.97 Å². The van der Waals surface area contributed by atoms with Crippen molar-refractivity contribution in [3.05, 3.63) is 95.2 Å². The van der Waals surface area contributed by atoms with Crippen molar-refractivity contribution in [3.63, 3.8) is 0 Å². The molecule has 0 aliphatic rings. The maximum absolute atomic E-state index is 13.0. The minimum atomic E-state index is -1.02. The fourth-order valence-corrected chi connectivity index (χ4v) is 4.84. The predicted octanol–water partition coefficient (Wildman–Crippen LogP) is 6.85. The number of furan rings is 2. The van der Waals surface area contributed by atoms with Gasteiger partial charge in [-0.05, 0) is 60.7 Å². The van der Waals surface area contributed by atoms with Crippen molar-refractivity contribution in [1.29, 1.82) is 0 Å². The highest BCUT2D eigenvalue weighted by atomic mass is 79.9. The third kappa shape index (κ3) is 4.94. The van der Waals surface area contributed by atoms with E-state index >= 15 is 0 Å². The van der Waals surface area contributed by atoms with E-state index < -0.39 is 5.97 Å². The Bertz CT molecular complexity index is 1820. The number of fused-ring (bicyclic) bond motifs is 2. The number of nitrogens with zero attached hydrogens (tertiary/aromatic N) is 3. The Morgan fingerprint density at radius 2 is 1.79 bits per heavy atom. The van der Waals surface area contributed by atoms with E-state index in [2.05, 4.69) is 21.2 Å². The lowest BCUT2D eigenvalue weighted by Crippen LogP contribution is -2.07. The molecule has 0 saturated carbocycles. The van der Waals surface area contributed by atoms with Crippen LogP contribution in [0.1, 0.15) is 29.0 Å². The van der Waals surface area contributed by atoms with Crippen molar-refractivity contribution >= 4 is 55.3 Å². The largest absolute Gasteiger partial charge is 0.481 e. The number of carbonyl (C=O) groups is 2. The molecular formula is C29H21BrN4O5. The van der Waals surface area contributed by atoms with Gasteiger partial charge in [0, 0.05) is 39.0 Å². The molecule has 0 radical (unpaired) electrons. The monoisotopic (exact) mass is 584 g/mol. The van der Waals surface area contributed by atoms with Crippen LogP contribution in [-0.4, -0.2) is 31.4 Å². The standard InChI is InChI=1S/C29H21BrN4O5/c30-18-6-8-24-20(14-18)22(25(35)9-10-27(36)37)16-34(24)29-32-23-7-5-17(26-4-2-12-39-26)13-21(23)28(33-29)31-15-19-3-1-11-38-19/h1-8,11-14,16H,9-10,15H2,(H,36,37)(H,31,32,33). The Labute approximate surface area is 230 Å². The molecule has 6 rings (SSSR count). The van der Waals surface area contributed by atoms with Gasteiger partial charge in [-0.3, -0.25) is 14.2 Å². The second-order valence-corrected chi connectivity index (χ2v) is 9.82. The fraction of sp³-hybridized carbons (Fsp3) is 0.103. The van der Waals surface area contributed by atoms with E-state index in [1.165, 1.54) is 0 Å². The SMILES string of the molecule is O=C(O)CCC(=O)c1cn(-c2nc(NCc3ccco3)c3cc(-c4ccco4)ccc3n2)c2ccc(Br)cc12. The van der Waals surface area contributed by atoms with E-state index in [9.17, 15) is 9.59 Å². The molecule has 0 aliphatic carbocycles. The lowest BCUT2D eigenvalue weighted by Gasteiger charge is -2.12. The van der Waals surface area contributed by atoms with Gasteiger partial charge < -0.3 is 19.3 Å². The smallest absolute Gasteiger partial charge is 0.303 e. The highest BCUT2D eigenvalue weighted by Crippen LogP contribution is 2.32. The molecule has 9 nitrogen and oxygen atoms in total. The van der Waals surface area contributed by atoms with Crippen LogP contribution in [0.5, 0.6) is 0 Å². The number of Topliss-reactive ketones (excluding diaryl/α,β-unsaturated/α-hetero) is 1. The van der Waals surface area contributed by atoms with Crippen LogP contribution in [0, 0.1) is 0 Å². The average molecular weight is 585 g/mol. The van der Waals surface area contributed by atoms with E-state index in [0.717, 1.165) is 32.5 Å². The van der Waals surface area contributed by atoms with E-state index in [4.69, 9.17) is 23.9 Å². The molecule has 194 valence electrons. The van der Waals surface area contributed by atoms with Crippen molar-refractivity contribution in [2.24, 2.45) is 0 Å². The summed E-state index contributed by atoms with van der Waals surface area (Å²) in [6, 6.07) is 18.8. The highest BCUT2D eigenvalue weighted by Gasteiger charge is 2.20. The number of ketones is 1. The highest BCUT2D eigenvalue weighted by molar-refractivity contribution is 9.10. The van der Waals surface area contributed by atoms with Gasteiger partial charge in [-0.25, -0.2) is 4.98 Å². The number of carboxylic acids is 1. The summed E-state index contributed by atoms with van der Waals surface area (Å²) < 4.78 is 13.6. The van der Waals surface area contributed by atoms with Gasteiger partial charge in [-0.2, -0.15) is 4.98 Å². The molecule has 2 N–H and O–H groups in total. The summed E-state index contributed by atoms with van der Waals surface area (Å²) in [5.41, 5.74) is 2.71. The van der Waals surface area contributed by atoms with Gasteiger partial charge in [0.15, 0.2) is 5.78 Å². The third-order valence-electron chi connectivity index (χ3n) is 6.35. The molecule has 0 unspecified atom stereocenters. The summed E-state index contributed by atoms with van der Waals surface area (Å²) in [6.45, 7) is 0.405. The maximum atomic E-state index is 13.0. The van der Waals surface area contributed by atoms with Crippen LogP contribution in [0.4, 0.5) is 5.82 Å². The number of carboxylic acid groups (broad SMARTS) is 1. The number of rotatable bonds is 9. The first kappa shape index (κ1) is 24.6. The second-order valence-electron chi connectivity index (χ2n) is 8.91. The van der Waals surface area contributed by atoms with E-state index in [1.807, 2.05) is 60.7 Å². The second kappa shape index (κ2) is 10.2. The molecule has 0 saturated heterocycles. The Kier molecular flexibility index (Phi) is 6.45. The zero-order chi connectivity index (χ0) is 26.9. The van der Waals surface area contributed by atoms with Crippen LogP contribution in [0.25, 0.3) is 39.1 Å². The topological polar surface area (TPSA) is 123 Å². The number of aliphatic carboxylic acids is 1. The lowest BCUT2D eigenvalue weighted by molar-refractivity contribution is -0.136. The van der Waals surface area contributed by atoms with Gasteiger partial charge in [-0.15, -0.1) is 0 Å². The zero-order valence-corrected chi connectivity index (χ0v) is 22.0. The Morgan fingerprint density at radius 3 is 2.56 bits per heavy atom. The molecule has 0 bridgehead atoms. The normalized spacial score (nSPS) is 11.3. The summed E-state index contributed by atoms with van der Waals surface area (Å²) in [4.78, 5) is 33.8. The molecule has 39 heavy (non-hydrogen) atoms. The number of halogens is 1. The summed E-state index contributed by atoms with van der Waals surface area (Å²) in [6.07, 6.45) is 4.56. The molecule has 0 spiro atoms. The summed E-state index contributed by atoms with van der Waals surface area (Å²) >= 11 is 3.48. The number of hydrogen-bond donors (Lipinski definition) is 2. The molecule has 4 aromatic heterocycles. The quantitative estimate of drug-likeness (QED) is 0.177. The molecule has 0 fully saturated rings. The van der Waals surface area contributed by atoms with Gasteiger partial charge in [0.05, 0.1) is 36.5 Å². The van der Waals surface area contributed by atoms with Crippen LogP contribution in [0.15, 0.2) is 92.7 Å². The van der Waals surface area contributed by atoms with Crippen molar-refractivity contribution in [2.75, 3.05) is 5.32 Å². The van der Waals surface area contributed by atoms with Crippen LogP contribution in [-0.2, 0) is 11.3 Å². The average Bonchev–Trinajstić information content (AvgIpc) is 3.71. The van der Waals surface area contributed by atoms with Gasteiger partial charge in [0.25, 0.3) is 0 Å². The Hall–Kier alpha value is -4.70. The van der Waals surface area contributed by atoms with E-state index in [0.29, 0.717) is 34.8 Å². The minimum Gasteiger partial charge on any atom is -0.481 e. The molecule has 0 atom stereocenters. The van der Waals surface area contributed by atoms with Crippen molar-refractivity contribution < 1.29 is 23.5 Å². The Morgan fingerprint density at radius 1 is 0.949 bits per heavy atom.